The van der Waals surface area contributed by atoms with Gasteiger partial charge < -0.3 is 25.0 Å². The first-order chi connectivity index (χ1) is 19.6. The summed E-state index contributed by atoms with van der Waals surface area (Å²) in [6.45, 7) is 1.10. The molecular formula is C29H32N4O7S. The number of amides is 3. The molecule has 1 heterocycles. The van der Waals surface area contributed by atoms with Gasteiger partial charge in [-0.1, -0.05) is 30.3 Å². The molecule has 216 valence electrons. The smallest absolute Gasteiger partial charge is 0.407 e. The van der Waals surface area contributed by atoms with E-state index in [4.69, 9.17) is 9.84 Å². The molecule has 41 heavy (non-hydrogen) atoms. The van der Waals surface area contributed by atoms with E-state index in [1.54, 1.807) is 36.4 Å². The molecule has 0 aromatic heterocycles. The van der Waals surface area contributed by atoms with Gasteiger partial charge in [-0.25, -0.2) is 13.2 Å². The minimum absolute atomic E-state index is 0.0436. The molecule has 0 radical (unpaired) electrons. The fourth-order valence-corrected chi connectivity index (χ4v) is 5.46. The highest BCUT2D eigenvalue weighted by atomic mass is 32.2. The molecule has 1 aliphatic rings. The second kappa shape index (κ2) is 13.2. The maximum Gasteiger partial charge on any atom is 0.407 e. The van der Waals surface area contributed by atoms with Crippen LogP contribution in [0.25, 0.3) is 0 Å². The summed E-state index contributed by atoms with van der Waals surface area (Å²) in [6.07, 6.45) is 0.391. The van der Waals surface area contributed by atoms with Gasteiger partial charge in [0.25, 0.3) is 15.9 Å². The molecule has 0 bridgehead atoms. The van der Waals surface area contributed by atoms with Crippen molar-refractivity contribution < 1.29 is 32.6 Å². The van der Waals surface area contributed by atoms with E-state index in [-0.39, 0.29) is 34.5 Å². The predicted molar refractivity (Wildman–Crippen MR) is 153 cm³/mol. The van der Waals surface area contributed by atoms with Crippen LogP contribution in [0.1, 0.15) is 23.2 Å². The number of rotatable bonds is 10. The van der Waals surface area contributed by atoms with Gasteiger partial charge in [0, 0.05) is 32.2 Å². The number of hydrogen-bond donors (Lipinski definition) is 3. The second-order valence-electron chi connectivity index (χ2n) is 9.72. The molecule has 3 amide bonds. The van der Waals surface area contributed by atoms with Crippen LogP contribution in [-0.4, -0.2) is 74.5 Å². The highest BCUT2D eigenvalue weighted by Gasteiger charge is 2.23. The van der Waals surface area contributed by atoms with Crippen LogP contribution < -0.4 is 14.8 Å². The number of nitrogens with one attached hydrogen (secondary N) is 2. The van der Waals surface area contributed by atoms with Crippen molar-refractivity contribution in [3.05, 3.63) is 84.4 Å². The lowest BCUT2D eigenvalue weighted by atomic mass is 9.97. The van der Waals surface area contributed by atoms with Crippen LogP contribution in [0.2, 0.25) is 0 Å². The highest BCUT2D eigenvalue weighted by molar-refractivity contribution is 7.92. The molecule has 0 unspecified atom stereocenters. The van der Waals surface area contributed by atoms with Crippen molar-refractivity contribution in [2.45, 2.75) is 17.7 Å². The van der Waals surface area contributed by atoms with Crippen molar-refractivity contribution in [3.63, 3.8) is 0 Å². The number of carboxylic acid groups (broad SMARTS) is 1. The van der Waals surface area contributed by atoms with E-state index in [1.165, 1.54) is 41.1 Å². The summed E-state index contributed by atoms with van der Waals surface area (Å²) >= 11 is 0. The number of piperidine rings is 1. The molecule has 1 aliphatic heterocycles. The molecule has 1 saturated heterocycles. The Balaban J connectivity index is 1.31. The zero-order valence-electron chi connectivity index (χ0n) is 22.5. The number of carbonyl (C=O) groups excluding carboxylic acids is 2. The fraction of sp³-hybridized carbons (Fsp3) is 0.276. The Bertz CT molecular complexity index is 1470. The van der Waals surface area contributed by atoms with Crippen LogP contribution >= 0.6 is 0 Å². The molecule has 0 aliphatic carbocycles. The highest BCUT2D eigenvalue weighted by Crippen LogP contribution is 2.31. The van der Waals surface area contributed by atoms with Gasteiger partial charge in [-0.2, -0.15) is 0 Å². The van der Waals surface area contributed by atoms with Crippen LogP contribution in [0.4, 0.5) is 10.5 Å². The summed E-state index contributed by atoms with van der Waals surface area (Å²) in [5, 5.41) is 11.8. The average Bonchev–Trinajstić information content (AvgIpc) is 2.97. The predicted octanol–water partition coefficient (Wildman–Crippen LogP) is 3.86. The number of benzene rings is 3. The van der Waals surface area contributed by atoms with E-state index in [2.05, 4.69) is 10.0 Å². The van der Waals surface area contributed by atoms with Crippen LogP contribution in [0.5, 0.6) is 11.5 Å². The topological polar surface area (TPSA) is 145 Å². The summed E-state index contributed by atoms with van der Waals surface area (Å²) in [5.41, 5.74) is 0.489. The Kier molecular flexibility index (Phi) is 9.45. The first-order valence-electron chi connectivity index (χ1n) is 13.1. The molecule has 0 spiro atoms. The van der Waals surface area contributed by atoms with Crippen LogP contribution in [-0.2, 0) is 14.8 Å². The number of hydrogen-bond acceptors (Lipinski definition) is 6. The van der Waals surface area contributed by atoms with Gasteiger partial charge in [0.15, 0.2) is 5.75 Å². The van der Waals surface area contributed by atoms with Gasteiger partial charge in [-0.15, -0.1) is 0 Å². The minimum Gasteiger partial charge on any atom is -0.465 e. The van der Waals surface area contributed by atoms with Gasteiger partial charge in [0.2, 0.25) is 5.91 Å². The third-order valence-corrected chi connectivity index (χ3v) is 8.10. The minimum atomic E-state index is -3.99. The second-order valence-corrected chi connectivity index (χ2v) is 11.4. The number of para-hydroxylation sites is 3. The molecule has 0 atom stereocenters. The molecule has 3 aromatic carbocycles. The van der Waals surface area contributed by atoms with E-state index in [0.29, 0.717) is 44.0 Å². The molecule has 0 saturated carbocycles. The number of nitrogens with zero attached hydrogens (tertiary/aromatic N) is 2. The Morgan fingerprint density at radius 2 is 1.59 bits per heavy atom. The Hall–Kier alpha value is -4.58. The molecule has 4 rings (SSSR count). The molecule has 12 heteroatoms. The van der Waals surface area contributed by atoms with E-state index in [1.807, 2.05) is 18.2 Å². The largest absolute Gasteiger partial charge is 0.465 e. The number of sulfonamides is 1. The Morgan fingerprint density at radius 1 is 0.951 bits per heavy atom. The van der Waals surface area contributed by atoms with E-state index < -0.39 is 22.0 Å². The number of likely N-dealkylation sites (N-methyl/N-ethyl adjacent to an activating group) is 1. The lowest BCUT2D eigenvalue weighted by molar-refractivity contribution is -0.121. The first-order valence-corrected chi connectivity index (χ1v) is 14.6. The number of ether oxygens (including phenoxy) is 1. The summed E-state index contributed by atoms with van der Waals surface area (Å²) in [4.78, 5) is 38.8. The van der Waals surface area contributed by atoms with Crippen LogP contribution in [0.15, 0.2) is 83.8 Å². The van der Waals surface area contributed by atoms with Crippen LogP contribution in [0.3, 0.4) is 0 Å². The normalized spacial score (nSPS) is 13.7. The van der Waals surface area contributed by atoms with E-state index in [9.17, 15) is 22.8 Å². The number of carbonyl (C=O) groups is 3. The van der Waals surface area contributed by atoms with Crippen molar-refractivity contribution in [2.24, 2.45) is 5.92 Å². The third-order valence-electron chi connectivity index (χ3n) is 6.71. The monoisotopic (exact) mass is 580 g/mol. The van der Waals surface area contributed by atoms with Gasteiger partial charge in [0.1, 0.15) is 5.75 Å². The maximum atomic E-state index is 13.1. The molecule has 11 nitrogen and oxygen atoms in total. The summed E-state index contributed by atoms with van der Waals surface area (Å²) in [5.74, 6) is 0.297. The summed E-state index contributed by atoms with van der Waals surface area (Å²) < 4.78 is 34.5. The third kappa shape index (κ3) is 7.98. The lowest BCUT2D eigenvalue weighted by Gasteiger charge is -2.30. The Morgan fingerprint density at radius 3 is 2.24 bits per heavy atom. The average molecular weight is 581 g/mol. The molecule has 3 N–H and O–H groups in total. The van der Waals surface area contributed by atoms with Gasteiger partial charge >= 0.3 is 6.09 Å². The fourth-order valence-electron chi connectivity index (χ4n) is 4.39. The van der Waals surface area contributed by atoms with Gasteiger partial charge in [-0.05, 0) is 67.3 Å². The standard InChI is InChI=1S/C29H32N4O7S/c1-32(20-27(34)30-19-21-15-17-33(18-16-21)29(36)37)28(35)22-11-13-24(14-12-22)41(38,39)31-25-9-5-6-10-26(25)40-23-7-3-2-4-8-23/h2-14,21,31H,15-20H2,1H3,(H,30,34)(H,36,37). The van der Waals surface area contributed by atoms with Crippen LogP contribution in [0, 0.1) is 5.92 Å². The van der Waals surface area contributed by atoms with Gasteiger partial charge in [-0.3, -0.25) is 14.3 Å². The van der Waals surface area contributed by atoms with Crippen molar-refractivity contribution in [2.75, 3.05) is 37.9 Å². The maximum absolute atomic E-state index is 13.1. The summed E-state index contributed by atoms with van der Waals surface area (Å²) in [7, 11) is -2.50. The zero-order chi connectivity index (χ0) is 29.4. The molecule has 3 aromatic rings. The molecular weight excluding hydrogens is 548 g/mol. The zero-order valence-corrected chi connectivity index (χ0v) is 23.3. The SMILES string of the molecule is CN(CC(=O)NCC1CCN(C(=O)O)CC1)C(=O)c1ccc(S(=O)(=O)Nc2ccccc2Oc2ccccc2)cc1. The summed E-state index contributed by atoms with van der Waals surface area (Å²) in [6, 6.07) is 21.1. The van der Waals surface area contributed by atoms with Crippen molar-refractivity contribution in [3.8, 4) is 11.5 Å². The first kappa shape index (κ1) is 29.4. The van der Waals surface area contributed by atoms with Crippen molar-refractivity contribution >= 4 is 33.6 Å². The van der Waals surface area contributed by atoms with E-state index >= 15 is 0 Å². The number of anilines is 1. The van der Waals surface area contributed by atoms with Crippen molar-refractivity contribution in [1.29, 1.82) is 0 Å². The number of likely N-dealkylation sites (tertiary alicyclic amines) is 1. The molecule has 1 fully saturated rings. The Labute approximate surface area is 238 Å². The lowest BCUT2D eigenvalue weighted by Crippen LogP contribution is -2.43. The van der Waals surface area contributed by atoms with E-state index in [0.717, 1.165) is 0 Å². The van der Waals surface area contributed by atoms with Gasteiger partial charge in [0.05, 0.1) is 17.1 Å². The van der Waals surface area contributed by atoms with Crippen molar-refractivity contribution in [1.82, 2.24) is 15.1 Å². The quantitative estimate of drug-likeness (QED) is 0.330.